The normalized spacial score (nSPS) is 12.0. The van der Waals surface area contributed by atoms with Gasteiger partial charge < -0.3 is 0 Å². The predicted molar refractivity (Wildman–Crippen MR) is 169 cm³/mol. The van der Waals surface area contributed by atoms with Crippen LogP contribution in [0, 0.1) is 0 Å². The van der Waals surface area contributed by atoms with Gasteiger partial charge in [-0.2, -0.15) is 22.2 Å². The lowest BCUT2D eigenvalue weighted by Crippen LogP contribution is -2.14. The third-order valence-corrected chi connectivity index (χ3v) is 11.0. The highest BCUT2D eigenvalue weighted by Gasteiger charge is 2.15. The summed E-state index contributed by atoms with van der Waals surface area (Å²) in [6.07, 6.45) is 31.5. The molecular weight excluding hydrogens is 487 g/mol. The summed E-state index contributed by atoms with van der Waals surface area (Å²) >= 11 is 12.5. The zero-order valence-corrected chi connectivity index (χ0v) is 28.2. The monoisotopic (exact) mass is 552 g/mol. The van der Waals surface area contributed by atoms with Crippen molar-refractivity contribution in [3.63, 3.8) is 0 Å². The number of hydrogen-bond acceptors (Lipinski definition) is 0. The van der Waals surface area contributed by atoms with Gasteiger partial charge in [0.1, 0.15) is 14.8 Å². The van der Waals surface area contributed by atoms with E-state index in [1.165, 1.54) is 153 Å². The molecule has 0 atom stereocenters. The zero-order chi connectivity index (χ0) is 26.0. The van der Waals surface area contributed by atoms with Gasteiger partial charge >= 0.3 is 0 Å². The van der Waals surface area contributed by atoms with Crippen molar-refractivity contribution in [3.8, 4) is 0 Å². The van der Waals surface area contributed by atoms with Gasteiger partial charge in [0.15, 0.2) is 0 Å². The number of hydrogen-bond donors (Lipinski definition) is 0. The SMILES string of the molecule is CCCCCCCCCCCCCCCCCC[Si](C)(C)Cl.CCCCCCCC[Si](C)(C)Cl. The molecule has 0 bridgehead atoms. The van der Waals surface area contributed by atoms with E-state index in [4.69, 9.17) is 22.2 Å². The van der Waals surface area contributed by atoms with Gasteiger partial charge in [-0.05, 0) is 12.1 Å². The Labute approximate surface area is 229 Å². The molecule has 0 heterocycles. The van der Waals surface area contributed by atoms with E-state index in [0.29, 0.717) is 0 Å². The van der Waals surface area contributed by atoms with Crippen LogP contribution >= 0.6 is 22.2 Å². The van der Waals surface area contributed by atoms with Gasteiger partial charge in [-0.1, -0.05) is 181 Å². The second kappa shape index (κ2) is 27.1. The minimum Gasteiger partial charge on any atom is -0.168 e. The molecule has 0 saturated heterocycles. The Morgan fingerprint density at radius 3 is 0.676 bits per heavy atom. The molecule has 0 aliphatic rings. The van der Waals surface area contributed by atoms with Crippen LogP contribution in [0.5, 0.6) is 0 Å². The predicted octanol–water partition coefficient (Wildman–Crippen LogP) is 13.5. The van der Waals surface area contributed by atoms with Crippen LogP contribution in [-0.2, 0) is 0 Å². The summed E-state index contributed by atoms with van der Waals surface area (Å²) in [6, 6.07) is 2.59. The van der Waals surface area contributed by atoms with Crippen molar-refractivity contribution < 1.29 is 0 Å². The van der Waals surface area contributed by atoms with E-state index in [1.807, 2.05) is 0 Å². The topological polar surface area (TPSA) is 0 Å². The average molecular weight is 554 g/mol. The molecule has 0 spiro atoms. The molecule has 4 heteroatoms. The van der Waals surface area contributed by atoms with E-state index in [2.05, 4.69) is 40.0 Å². The second-order valence-corrected chi connectivity index (χ2v) is 26.0. The van der Waals surface area contributed by atoms with Crippen molar-refractivity contribution in [1.82, 2.24) is 0 Å². The molecule has 0 aromatic rings. The van der Waals surface area contributed by atoms with Crippen molar-refractivity contribution in [1.29, 1.82) is 0 Å². The van der Waals surface area contributed by atoms with Crippen molar-refractivity contribution >= 4 is 36.9 Å². The Morgan fingerprint density at radius 1 is 0.324 bits per heavy atom. The summed E-state index contributed by atoms with van der Waals surface area (Å²) < 4.78 is 0. The largest absolute Gasteiger partial charge is 0.168 e. The third-order valence-electron chi connectivity index (χ3n) is 6.75. The number of rotatable bonds is 24. The minimum atomic E-state index is -1.29. The van der Waals surface area contributed by atoms with Crippen LogP contribution in [0.4, 0.5) is 0 Å². The van der Waals surface area contributed by atoms with Crippen LogP contribution in [0.15, 0.2) is 0 Å². The Bertz CT molecular complexity index is 375. The maximum atomic E-state index is 6.34. The van der Waals surface area contributed by atoms with E-state index >= 15 is 0 Å². The van der Waals surface area contributed by atoms with Crippen molar-refractivity contribution in [3.05, 3.63) is 0 Å². The Kier molecular flexibility index (Phi) is 29.6. The van der Waals surface area contributed by atoms with Crippen molar-refractivity contribution in [2.24, 2.45) is 0 Å². The number of halogens is 2. The highest BCUT2D eigenvalue weighted by Crippen LogP contribution is 2.20. The lowest BCUT2D eigenvalue weighted by Gasteiger charge is -2.11. The van der Waals surface area contributed by atoms with Crippen LogP contribution in [0.2, 0.25) is 38.3 Å². The summed E-state index contributed by atoms with van der Waals surface area (Å²) in [4.78, 5) is 0. The molecular formula is C30H66Cl2Si2. The van der Waals surface area contributed by atoms with Crippen LogP contribution < -0.4 is 0 Å². The van der Waals surface area contributed by atoms with Crippen LogP contribution in [0.25, 0.3) is 0 Å². The van der Waals surface area contributed by atoms with E-state index in [-0.39, 0.29) is 0 Å². The Morgan fingerprint density at radius 2 is 0.500 bits per heavy atom. The first-order chi connectivity index (χ1) is 16.1. The number of unbranched alkanes of at least 4 members (excludes halogenated alkanes) is 20. The van der Waals surface area contributed by atoms with Gasteiger partial charge in [-0.15, -0.1) is 0 Å². The summed E-state index contributed by atoms with van der Waals surface area (Å²) in [5.74, 6) is 0. The van der Waals surface area contributed by atoms with E-state index < -0.39 is 14.8 Å². The first-order valence-electron chi connectivity index (χ1n) is 15.5. The van der Waals surface area contributed by atoms with E-state index in [9.17, 15) is 0 Å². The lowest BCUT2D eigenvalue weighted by molar-refractivity contribution is 0.531. The molecule has 208 valence electrons. The first kappa shape index (κ1) is 37.2. The molecule has 0 aliphatic carbocycles. The van der Waals surface area contributed by atoms with Gasteiger partial charge in [-0.3, -0.25) is 0 Å². The minimum absolute atomic E-state index is 1.25. The molecule has 34 heavy (non-hydrogen) atoms. The highest BCUT2D eigenvalue weighted by atomic mass is 35.6. The molecule has 0 aromatic heterocycles. The van der Waals surface area contributed by atoms with Gasteiger partial charge in [-0.25, -0.2) is 0 Å². The first-order valence-corrected chi connectivity index (χ1v) is 23.9. The lowest BCUT2D eigenvalue weighted by atomic mass is 10.0. The zero-order valence-electron chi connectivity index (χ0n) is 24.7. The molecule has 0 aliphatic heterocycles. The van der Waals surface area contributed by atoms with Crippen molar-refractivity contribution in [2.75, 3.05) is 0 Å². The maximum absolute atomic E-state index is 6.34. The van der Waals surface area contributed by atoms with Crippen LogP contribution in [0.1, 0.15) is 155 Å². The fraction of sp³-hybridized carbons (Fsp3) is 1.00. The standard InChI is InChI=1S/C20H43ClSi.C10H23ClSi/c1-4-5-6-7-8-9-10-11-12-13-14-15-16-17-18-19-20-22(2,3)21;1-4-5-6-7-8-9-10-12(2,3)11/h4-20H2,1-3H3;4-10H2,1-3H3. The quantitative estimate of drug-likeness (QED) is 0.0633. The van der Waals surface area contributed by atoms with E-state index in [0.717, 1.165) is 0 Å². The molecule has 0 amide bonds. The Balaban J connectivity index is 0. The summed E-state index contributed by atoms with van der Waals surface area (Å²) in [5, 5.41) is 0. The highest BCUT2D eigenvalue weighted by molar-refractivity contribution is 7.19. The molecule has 0 saturated carbocycles. The summed E-state index contributed by atoms with van der Waals surface area (Å²) in [5.41, 5.74) is 0. The van der Waals surface area contributed by atoms with Crippen LogP contribution in [0.3, 0.4) is 0 Å². The van der Waals surface area contributed by atoms with Gasteiger partial charge in [0, 0.05) is 0 Å². The fourth-order valence-electron chi connectivity index (χ4n) is 4.42. The summed E-state index contributed by atoms with van der Waals surface area (Å²) in [6.45, 7) is 13.6. The molecule has 0 radical (unpaired) electrons. The fourth-order valence-corrected chi connectivity index (χ4v) is 7.40. The third kappa shape index (κ3) is 40.2. The maximum Gasteiger partial charge on any atom is 0.150 e. The Hall–Kier alpha value is 1.01. The average Bonchev–Trinajstić information content (AvgIpc) is 2.75. The van der Waals surface area contributed by atoms with Crippen LogP contribution in [-0.4, -0.2) is 14.8 Å². The van der Waals surface area contributed by atoms with Gasteiger partial charge in [0.2, 0.25) is 0 Å². The molecule has 0 nitrogen and oxygen atoms in total. The molecule has 0 N–H and O–H groups in total. The molecule has 0 unspecified atom stereocenters. The van der Waals surface area contributed by atoms with Crippen molar-refractivity contribution in [2.45, 2.75) is 193 Å². The smallest absolute Gasteiger partial charge is 0.150 e. The van der Waals surface area contributed by atoms with E-state index in [1.54, 1.807) is 0 Å². The summed E-state index contributed by atoms with van der Waals surface area (Å²) in [7, 11) is -2.55. The second-order valence-electron chi connectivity index (χ2n) is 12.0. The molecule has 0 fully saturated rings. The van der Waals surface area contributed by atoms with Gasteiger partial charge in [0.25, 0.3) is 0 Å². The van der Waals surface area contributed by atoms with Gasteiger partial charge in [0.05, 0.1) is 0 Å². The molecule has 0 rings (SSSR count). The molecule has 0 aromatic carbocycles.